The van der Waals surface area contributed by atoms with Gasteiger partial charge in [0.25, 0.3) is 0 Å². The highest BCUT2D eigenvalue weighted by molar-refractivity contribution is 7.17. The summed E-state index contributed by atoms with van der Waals surface area (Å²) in [4.78, 5) is 14.9. The van der Waals surface area contributed by atoms with Gasteiger partial charge in [-0.2, -0.15) is 4.98 Å². The standard InChI is InChI=1S/C24H23ClN4S/c1-16-8-9-18(14-17(16)2)20-15-30-23-21(20)22(26-24(25)27-23)29-12-10-28(11-13-29)19-6-4-3-5-7-19/h3-9,14-15H,10-13H2,1-2H3. The van der Waals surface area contributed by atoms with Crippen LogP contribution in [0.3, 0.4) is 0 Å². The van der Waals surface area contributed by atoms with Crippen LogP contribution in [0.15, 0.2) is 53.9 Å². The number of nitrogens with zero attached hydrogens (tertiary/aromatic N) is 4. The van der Waals surface area contributed by atoms with E-state index in [1.165, 1.54) is 27.9 Å². The van der Waals surface area contributed by atoms with Crippen molar-refractivity contribution in [2.24, 2.45) is 0 Å². The van der Waals surface area contributed by atoms with Gasteiger partial charge in [-0.05, 0) is 54.3 Å². The molecule has 4 aromatic rings. The summed E-state index contributed by atoms with van der Waals surface area (Å²) in [5, 5.41) is 3.61. The molecule has 152 valence electrons. The van der Waals surface area contributed by atoms with Gasteiger partial charge < -0.3 is 9.80 Å². The highest BCUT2D eigenvalue weighted by Gasteiger charge is 2.23. The Balaban J connectivity index is 1.51. The average molecular weight is 435 g/mol. The van der Waals surface area contributed by atoms with E-state index in [9.17, 15) is 0 Å². The lowest BCUT2D eigenvalue weighted by molar-refractivity contribution is 0.649. The Morgan fingerprint density at radius 1 is 0.867 bits per heavy atom. The van der Waals surface area contributed by atoms with Crippen LogP contribution in [0.1, 0.15) is 11.1 Å². The fourth-order valence-corrected chi connectivity index (χ4v) is 5.22. The number of halogens is 1. The molecule has 1 fully saturated rings. The maximum atomic E-state index is 6.32. The van der Waals surface area contributed by atoms with Crippen molar-refractivity contribution < 1.29 is 0 Å². The van der Waals surface area contributed by atoms with Crippen LogP contribution in [-0.2, 0) is 0 Å². The van der Waals surface area contributed by atoms with Crippen LogP contribution >= 0.6 is 22.9 Å². The zero-order chi connectivity index (χ0) is 20.7. The Labute approximate surface area is 185 Å². The van der Waals surface area contributed by atoms with Crippen LogP contribution in [0.25, 0.3) is 21.3 Å². The van der Waals surface area contributed by atoms with Crippen LogP contribution in [0, 0.1) is 13.8 Å². The van der Waals surface area contributed by atoms with Gasteiger partial charge in [0, 0.05) is 42.8 Å². The summed E-state index contributed by atoms with van der Waals surface area (Å²) in [6.07, 6.45) is 0. The Bertz CT molecular complexity index is 1200. The molecule has 0 unspecified atom stereocenters. The third-order valence-corrected chi connectivity index (χ3v) is 6.95. The summed E-state index contributed by atoms with van der Waals surface area (Å²) < 4.78 is 0. The van der Waals surface area contributed by atoms with Gasteiger partial charge in [0.15, 0.2) is 0 Å². The maximum absolute atomic E-state index is 6.32. The van der Waals surface area contributed by atoms with E-state index in [1.54, 1.807) is 11.3 Å². The fourth-order valence-electron chi connectivity index (χ4n) is 4.06. The first-order chi connectivity index (χ1) is 14.6. The normalized spacial score (nSPS) is 14.5. The number of anilines is 2. The van der Waals surface area contributed by atoms with E-state index in [0.29, 0.717) is 5.28 Å². The minimum atomic E-state index is 0.316. The lowest BCUT2D eigenvalue weighted by Gasteiger charge is -2.37. The minimum Gasteiger partial charge on any atom is -0.368 e. The molecule has 0 aliphatic carbocycles. The molecule has 0 bridgehead atoms. The van der Waals surface area contributed by atoms with Gasteiger partial charge in [-0.1, -0.05) is 36.4 Å². The highest BCUT2D eigenvalue weighted by Crippen LogP contribution is 2.39. The van der Waals surface area contributed by atoms with Gasteiger partial charge in [0.05, 0.1) is 5.39 Å². The van der Waals surface area contributed by atoms with Gasteiger partial charge in [-0.3, -0.25) is 0 Å². The Kier molecular flexibility index (Phi) is 5.09. The fraction of sp³-hybridized carbons (Fsp3) is 0.250. The second-order valence-corrected chi connectivity index (χ2v) is 8.95. The monoisotopic (exact) mass is 434 g/mol. The Hall–Kier alpha value is -2.63. The largest absolute Gasteiger partial charge is 0.368 e. The van der Waals surface area contributed by atoms with Crippen molar-refractivity contribution in [2.45, 2.75) is 13.8 Å². The molecule has 30 heavy (non-hydrogen) atoms. The van der Waals surface area contributed by atoms with Crippen molar-refractivity contribution in [3.8, 4) is 11.1 Å². The van der Waals surface area contributed by atoms with E-state index in [1.807, 2.05) is 0 Å². The maximum Gasteiger partial charge on any atom is 0.225 e. The summed E-state index contributed by atoms with van der Waals surface area (Å²) in [5.74, 6) is 0.951. The van der Waals surface area contributed by atoms with E-state index < -0.39 is 0 Å². The summed E-state index contributed by atoms with van der Waals surface area (Å²) >= 11 is 7.95. The molecule has 0 radical (unpaired) electrons. The zero-order valence-corrected chi connectivity index (χ0v) is 18.7. The molecule has 1 saturated heterocycles. The number of para-hydroxylation sites is 1. The second kappa shape index (κ2) is 7.89. The molecule has 4 nitrogen and oxygen atoms in total. The Morgan fingerprint density at radius 3 is 2.33 bits per heavy atom. The first kappa shape index (κ1) is 19.3. The van der Waals surface area contributed by atoms with Crippen LogP contribution in [0.4, 0.5) is 11.5 Å². The van der Waals surface area contributed by atoms with Crippen LogP contribution in [0.2, 0.25) is 5.28 Å². The molecule has 0 amide bonds. The van der Waals surface area contributed by atoms with E-state index >= 15 is 0 Å². The smallest absolute Gasteiger partial charge is 0.225 e. The molecule has 0 N–H and O–H groups in total. The van der Waals surface area contributed by atoms with E-state index in [4.69, 9.17) is 11.6 Å². The van der Waals surface area contributed by atoms with Crippen LogP contribution < -0.4 is 9.80 Å². The second-order valence-electron chi connectivity index (χ2n) is 7.75. The number of piperazine rings is 1. The van der Waals surface area contributed by atoms with Crippen LogP contribution in [0.5, 0.6) is 0 Å². The van der Waals surface area contributed by atoms with Gasteiger partial charge in [0.2, 0.25) is 5.28 Å². The number of aryl methyl sites for hydroxylation is 2. The topological polar surface area (TPSA) is 32.3 Å². The first-order valence-electron chi connectivity index (χ1n) is 10.2. The Morgan fingerprint density at radius 2 is 1.60 bits per heavy atom. The molecule has 0 saturated carbocycles. The molecular formula is C24H23ClN4S. The first-order valence-corrected chi connectivity index (χ1v) is 11.4. The highest BCUT2D eigenvalue weighted by atomic mass is 35.5. The van der Waals surface area contributed by atoms with Crippen molar-refractivity contribution >= 4 is 44.7 Å². The molecule has 0 atom stereocenters. The number of benzene rings is 2. The van der Waals surface area contributed by atoms with Crippen molar-refractivity contribution in [2.75, 3.05) is 36.0 Å². The lowest BCUT2D eigenvalue weighted by atomic mass is 10.0. The third-order valence-electron chi connectivity index (χ3n) is 5.91. The molecule has 5 rings (SSSR count). The van der Waals surface area contributed by atoms with Crippen LogP contribution in [-0.4, -0.2) is 36.1 Å². The number of hydrogen-bond donors (Lipinski definition) is 0. The lowest BCUT2D eigenvalue weighted by Crippen LogP contribution is -2.47. The summed E-state index contributed by atoms with van der Waals surface area (Å²) in [5.41, 5.74) is 6.26. The SMILES string of the molecule is Cc1ccc(-c2csc3nc(Cl)nc(N4CCN(c5ccccc5)CC4)c23)cc1C. The van der Waals surface area contributed by atoms with Gasteiger partial charge in [0.1, 0.15) is 10.6 Å². The summed E-state index contributed by atoms with van der Waals surface area (Å²) in [6, 6.07) is 17.2. The molecule has 1 aliphatic heterocycles. The van der Waals surface area contributed by atoms with E-state index in [0.717, 1.165) is 42.2 Å². The summed E-state index contributed by atoms with van der Waals surface area (Å²) in [7, 11) is 0. The van der Waals surface area contributed by atoms with Gasteiger partial charge in [-0.25, -0.2) is 4.98 Å². The van der Waals surface area contributed by atoms with Crippen molar-refractivity contribution in [3.05, 3.63) is 70.3 Å². The molecule has 1 aliphatic rings. The molecular weight excluding hydrogens is 412 g/mol. The number of hydrogen-bond acceptors (Lipinski definition) is 5. The third kappa shape index (κ3) is 3.53. The van der Waals surface area contributed by atoms with E-state index in [2.05, 4.69) is 87.5 Å². The molecule has 6 heteroatoms. The predicted molar refractivity (Wildman–Crippen MR) is 128 cm³/mol. The molecule has 2 aromatic carbocycles. The molecule has 2 aromatic heterocycles. The van der Waals surface area contributed by atoms with Gasteiger partial charge >= 0.3 is 0 Å². The number of aromatic nitrogens is 2. The van der Waals surface area contributed by atoms with Crippen molar-refractivity contribution in [1.82, 2.24) is 9.97 Å². The molecule has 0 spiro atoms. The van der Waals surface area contributed by atoms with Crippen molar-refractivity contribution in [3.63, 3.8) is 0 Å². The van der Waals surface area contributed by atoms with Gasteiger partial charge in [-0.15, -0.1) is 11.3 Å². The summed E-state index contributed by atoms with van der Waals surface area (Å²) in [6.45, 7) is 8.02. The number of fused-ring (bicyclic) bond motifs is 1. The van der Waals surface area contributed by atoms with E-state index in [-0.39, 0.29) is 0 Å². The minimum absolute atomic E-state index is 0.316. The predicted octanol–water partition coefficient (Wildman–Crippen LogP) is 5.96. The quantitative estimate of drug-likeness (QED) is 0.372. The van der Waals surface area contributed by atoms with Crippen molar-refractivity contribution in [1.29, 1.82) is 0 Å². The number of rotatable bonds is 3. The average Bonchev–Trinajstić information content (AvgIpc) is 3.19. The molecule has 3 heterocycles. The number of thiophene rings is 1. The zero-order valence-electron chi connectivity index (χ0n) is 17.1.